The fraction of sp³-hybridized carbons (Fsp3) is 0.350. The van der Waals surface area contributed by atoms with Gasteiger partial charge in [-0.05, 0) is 37.1 Å². The highest BCUT2D eigenvalue weighted by molar-refractivity contribution is 7.90. The minimum atomic E-state index is -3.40. The molecular weight excluding hydrogens is 350 g/mol. The molecule has 3 rings (SSSR count). The van der Waals surface area contributed by atoms with Crippen LogP contribution >= 0.6 is 0 Å². The van der Waals surface area contributed by atoms with E-state index < -0.39 is 9.84 Å². The smallest absolute Gasteiger partial charge is 0.254 e. The lowest BCUT2D eigenvalue weighted by Crippen LogP contribution is -2.39. The number of nitrogens with zero attached hydrogens (tertiary/aromatic N) is 1. The number of benzene rings is 2. The summed E-state index contributed by atoms with van der Waals surface area (Å²) in [6.07, 6.45) is 1.77. The van der Waals surface area contributed by atoms with Crippen molar-refractivity contribution in [2.24, 2.45) is 0 Å². The molecule has 0 aromatic heterocycles. The third-order valence-electron chi connectivity index (χ3n) is 4.68. The molecule has 26 heavy (non-hydrogen) atoms. The van der Waals surface area contributed by atoms with Crippen LogP contribution < -0.4 is 4.74 Å². The van der Waals surface area contributed by atoms with Crippen molar-refractivity contribution >= 4 is 15.7 Å². The summed E-state index contributed by atoms with van der Waals surface area (Å²) in [4.78, 5) is 15.1. The van der Waals surface area contributed by atoms with Gasteiger partial charge in [0.05, 0.1) is 17.5 Å². The summed E-state index contributed by atoms with van der Waals surface area (Å²) in [5.41, 5.74) is 2.05. The van der Waals surface area contributed by atoms with Crippen LogP contribution in [0.1, 0.15) is 35.3 Å². The molecule has 0 N–H and O–H groups in total. The van der Waals surface area contributed by atoms with Gasteiger partial charge in [-0.3, -0.25) is 4.79 Å². The second-order valence-corrected chi connectivity index (χ2v) is 8.63. The van der Waals surface area contributed by atoms with Gasteiger partial charge in [-0.1, -0.05) is 31.2 Å². The van der Waals surface area contributed by atoms with Crippen molar-refractivity contribution in [3.8, 4) is 5.75 Å². The molecule has 0 aliphatic carbocycles. The fourth-order valence-corrected chi connectivity index (χ4v) is 4.21. The number of hydrogen-bond acceptors (Lipinski definition) is 4. The van der Waals surface area contributed by atoms with E-state index in [1.165, 1.54) is 12.3 Å². The quantitative estimate of drug-likeness (QED) is 0.829. The van der Waals surface area contributed by atoms with Crippen LogP contribution in [-0.4, -0.2) is 38.1 Å². The standard InChI is InChI=1S/C20H23NO4S/c1-4-15-9-10-16(11-19(15)26(3,23)24)20(22)21-12-17-7-5-6-8-18(17)25-13-14(21)2/h5-11,14H,4,12-13H2,1-3H3. The van der Waals surface area contributed by atoms with Gasteiger partial charge in [0.1, 0.15) is 12.4 Å². The minimum absolute atomic E-state index is 0.123. The third kappa shape index (κ3) is 3.60. The predicted molar refractivity (Wildman–Crippen MR) is 100 cm³/mol. The number of hydrogen-bond donors (Lipinski definition) is 0. The van der Waals surface area contributed by atoms with Gasteiger partial charge in [-0.15, -0.1) is 0 Å². The van der Waals surface area contributed by atoms with Crippen LogP contribution in [0.3, 0.4) is 0 Å². The molecule has 2 aromatic carbocycles. The number of ether oxygens (including phenoxy) is 1. The first-order chi connectivity index (χ1) is 12.3. The summed E-state index contributed by atoms with van der Waals surface area (Å²) in [5, 5.41) is 0. The molecule has 1 aliphatic heterocycles. The number of fused-ring (bicyclic) bond motifs is 1. The number of rotatable bonds is 3. The van der Waals surface area contributed by atoms with Gasteiger partial charge in [-0.25, -0.2) is 8.42 Å². The van der Waals surface area contributed by atoms with Crippen LogP contribution in [0.15, 0.2) is 47.4 Å². The number of amides is 1. The molecular formula is C20H23NO4S. The molecule has 0 saturated carbocycles. The first kappa shape index (κ1) is 18.5. The molecule has 0 saturated heterocycles. The van der Waals surface area contributed by atoms with Crippen molar-refractivity contribution < 1.29 is 17.9 Å². The summed E-state index contributed by atoms with van der Waals surface area (Å²) in [5.74, 6) is 0.596. The molecule has 0 fully saturated rings. The van der Waals surface area contributed by atoms with E-state index in [1.54, 1.807) is 17.0 Å². The van der Waals surface area contributed by atoms with E-state index >= 15 is 0 Å². The van der Waals surface area contributed by atoms with Crippen molar-refractivity contribution in [2.45, 2.75) is 37.8 Å². The largest absolute Gasteiger partial charge is 0.491 e. The third-order valence-corrected chi connectivity index (χ3v) is 5.86. The average Bonchev–Trinajstić information content (AvgIpc) is 2.79. The summed E-state index contributed by atoms with van der Waals surface area (Å²) < 4.78 is 30.0. The van der Waals surface area contributed by atoms with E-state index in [0.29, 0.717) is 25.1 Å². The monoisotopic (exact) mass is 373 g/mol. The SMILES string of the molecule is CCc1ccc(C(=O)N2Cc3ccccc3OCC2C)cc1S(C)(=O)=O. The maximum Gasteiger partial charge on any atom is 0.254 e. The zero-order valence-corrected chi connectivity index (χ0v) is 16.0. The van der Waals surface area contributed by atoms with E-state index in [1.807, 2.05) is 38.1 Å². The minimum Gasteiger partial charge on any atom is -0.491 e. The number of sulfone groups is 1. The number of carbonyl (C=O) groups is 1. The van der Waals surface area contributed by atoms with Crippen LogP contribution in [0.25, 0.3) is 0 Å². The molecule has 0 radical (unpaired) electrons. The first-order valence-electron chi connectivity index (χ1n) is 8.66. The Kier molecular flexibility index (Phi) is 5.05. The topological polar surface area (TPSA) is 63.7 Å². The Balaban J connectivity index is 1.98. The number of carbonyl (C=O) groups excluding carboxylic acids is 1. The summed E-state index contributed by atoms with van der Waals surface area (Å²) in [6.45, 7) is 4.66. The average molecular weight is 373 g/mol. The highest BCUT2D eigenvalue weighted by Gasteiger charge is 2.27. The molecule has 2 aromatic rings. The van der Waals surface area contributed by atoms with Crippen molar-refractivity contribution in [1.82, 2.24) is 4.90 Å². The molecule has 1 atom stereocenters. The van der Waals surface area contributed by atoms with Gasteiger partial charge in [0, 0.05) is 17.4 Å². The second-order valence-electron chi connectivity index (χ2n) is 6.65. The Morgan fingerprint density at radius 2 is 1.96 bits per heavy atom. The van der Waals surface area contributed by atoms with Gasteiger partial charge in [-0.2, -0.15) is 0 Å². The Morgan fingerprint density at radius 3 is 2.65 bits per heavy atom. The zero-order chi connectivity index (χ0) is 18.9. The van der Waals surface area contributed by atoms with Gasteiger partial charge >= 0.3 is 0 Å². The Bertz CT molecular complexity index is 937. The molecule has 0 spiro atoms. The Labute approximate surface area is 154 Å². The lowest BCUT2D eigenvalue weighted by atomic mass is 10.1. The number of aryl methyl sites for hydroxylation is 1. The Morgan fingerprint density at radius 1 is 1.23 bits per heavy atom. The molecule has 1 aliphatic rings. The number of para-hydroxylation sites is 1. The lowest BCUT2D eigenvalue weighted by molar-refractivity contribution is 0.0645. The predicted octanol–water partition coefficient (Wildman–Crippen LogP) is 3.08. The van der Waals surface area contributed by atoms with Gasteiger partial charge in [0.25, 0.3) is 5.91 Å². The van der Waals surface area contributed by atoms with E-state index in [0.717, 1.165) is 16.9 Å². The van der Waals surface area contributed by atoms with E-state index in [4.69, 9.17) is 4.74 Å². The second kappa shape index (κ2) is 7.11. The molecule has 6 heteroatoms. The molecule has 1 heterocycles. The van der Waals surface area contributed by atoms with Crippen molar-refractivity contribution in [3.63, 3.8) is 0 Å². The van der Waals surface area contributed by atoms with E-state index in [2.05, 4.69) is 0 Å². The highest BCUT2D eigenvalue weighted by atomic mass is 32.2. The normalized spacial score (nSPS) is 17.2. The fourth-order valence-electron chi connectivity index (χ4n) is 3.18. The molecule has 0 bridgehead atoms. The van der Waals surface area contributed by atoms with Crippen LogP contribution in [0.2, 0.25) is 0 Å². The Hall–Kier alpha value is -2.34. The maximum atomic E-state index is 13.1. The molecule has 1 amide bonds. The molecule has 1 unspecified atom stereocenters. The molecule has 5 nitrogen and oxygen atoms in total. The van der Waals surface area contributed by atoms with E-state index in [-0.39, 0.29) is 16.8 Å². The van der Waals surface area contributed by atoms with Crippen molar-refractivity contribution in [3.05, 3.63) is 59.2 Å². The van der Waals surface area contributed by atoms with Crippen LogP contribution in [0.5, 0.6) is 5.75 Å². The molecule has 138 valence electrons. The van der Waals surface area contributed by atoms with Crippen molar-refractivity contribution in [1.29, 1.82) is 0 Å². The van der Waals surface area contributed by atoms with Crippen LogP contribution in [-0.2, 0) is 22.8 Å². The highest BCUT2D eigenvalue weighted by Crippen LogP contribution is 2.27. The zero-order valence-electron chi connectivity index (χ0n) is 15.2. The van der Waals surface area contributed by atoms with Gasteiger partial charge < -0.3 is 9.64 Å². The van der Waals surface area contributed by atoms with Gasteiger partial charge in [0.2, 0.25) is 0 Å². The summed E-state index contributed by atoms with van der Waals surface area (Å²) in [7, 11) is -3.40. The lowest BCUT2D eigenvalue weighted by Gasteiger charge is -2.26. The van der Waals surface area contributed by atoms with Crippen LogP contribution in [0.4, 0.5) is 0 Å². The van der Waals surface area contributed by atoms with Crippen LogP contribution in [0, 0.1) is 0 Å². The first-order valence-corrected chi connectivity index (χ1v) is 10.5. The summed E-state index contributed by atoms with van der Waals surface area (Å²) >= 11 is 0. The van der Waals surface area contributed by atoms with Crippen molar-refractivity contribution in [2.75, 3.05) is 12.9 Å². The summed E-state index contributed by atoms with van der Waals surface area (Å²) in [6, 6.07) is 12.5. The van der Waals surface area contributed by atoms with Gasteiger partial charge in [0.15, 0.2) is 9.84 Å². The maximum absolute atomic E-state index is 13.1. The van der Waals surface area contributed by atoms with E-state index in [9.17, 15) is 13.2 Å².